The van der Waals surface area contributed by atoms with Gasteiger partial charge in [-0.2, -0.15) is 0 Å². The van der Waals surface area contributed by atoms with Gasteiger partial charge in [0.25, 0.3) is 0 Å². The van der Waals surface area contributed by atoms with E-state index in [0.717, 1.165) is 13.1 Å². The standard InChI is InChI=1S/C16H24N2O2/c1-11-6-5-7-12(8-11)13-9-17-10-14(13)18-15(19)20-16(2,3)4/h5-8,13-14,17H,9-10H2,1-4H3,(H,18,19)/t13-,14+/m0/s1. The fourth-order valence-corrected chi connectivity index (χ4v) is 2.54. The van der Waals surface area contributed by atoms with Crippen LogP contribution in [0.4, 0.5) is 4.79 Å². The number of carbonyl (C=O) groups excluding carboxylic acids is 1. The van der Waals surface area contributed by atoms with Gasteiger partial charge in [-0.25, -0.2) is 4.79 Å². The van der Waals surface area contributed by atoms with Crippen LogP contribution >= 0.6 is 0 Å². The Balaban J connectivity index is 2.03. The van der Waals surface area contributed by atoms with Crippen molar-refractivity contribution in [3.8, 4) is 0 Å². The van der Waals surface area contributed by atoms with Crippen LogP contribution in [-0.4, -0.2) is 30.8 Å². The average molecular weight is 276 g/mol. The summed E-state index contributed by atoms with van der Waals surface area (Å²) in [5, 5.41) is 6.32. The van der Waals surface area contributed by atoms with Gasteiger partial charge in [0, 0.05) is 19.0 Å². The van der Waals surface area contributed by atoms with E-state index in [-0.39, 0.29) is 12.1 Å². The summed E-state index contributed by atoms with van der Waals surface area (Å²) in [5.74, 6) is 0.294. The number of ether oxygens (including phenoxy) is 1. The average Bonchev–Trinajstić information content (AvgIpc) is 2.74. The minimum Gasteiger partial charge on any atom is -0.444 e. The largest absolute Gasteiger partial charge is 0.444 e. The lowest BCUT2D eigenvalue weighted by molar-refractivity contribution is 0.0504. The van der Waals surface area contributed by atoms with Gasteiger partial charge in [-0.1, -0.05) is 29.8 Å². The summed E-state index contributed by atoms with van der Waals surface area (Å²) in [4.78, 5) is 11.9. The lowest BCUT2D eigenvalue weighted by atomic mass is 9.93. The Morgan fingerprint density at radius 3 is 2.75 bits per heavy atom. The van der Waals surface area contributed by atoms with Crippen LogP contribution in [0.15, 0.2) is 24.3 Å². The van der Waals surface area contributed by atoms with Crippen molar-refractivity contribution in [3.63, 3.8) is 0 Å². The van der Waals surface area contributed by atoms with Crippen LogP contribution < -0.4 is 10.6 Å². The first-order valence-corrected chi connectivity index (χ1v) is 7.12. The van der Waals surface area contributed by atoms with Gasteiger partial charge in [0.15, 0.2) is 0 Å². The van der Waals surface area contributed by atoms with Crippen molar-refractivity contribution in [1.82, 2.24) is 10.6 Å². The number of carbonyl (C=O) groups is 1. The van der Waals surface area contributed by atoms with Crippen LogP contribution in [0.5, 0.6) is 0 Å². The van der Waals surface area contributed by atoms with E-state index in [1.54, 1.807) is 0 Å². The number of aryl methyl sites for hydroxylation is 1. The van der Waals surface area contributed by atoms with Gasteiger partial charge in [-0.15, -0.1) is 0 Å². The number of amides is 1. The molecule has 20 heavy (non-hydrogen) atoms. The zero-order chi connectivity index (χ0) is 14.8. The number of nitrogens with one attached hydrogen (secondary N) is 2. The van der Waals surface area contributed by atoms with Gasteiger partial charge >= 0.3 is 6.09 Å². The molecular weight excluding hydrogens is 252 g/mol. The molecule has 0 radical (unpaired) electrons. The van der Waals surface area contributed by atoms with E-state index < -0.39 is 5.60 Å². The van der Waals surface area contributed by atoms with E-state index in [0.29, 0.717) is 5.92 Å². The highest BCUT2D eigenvalue weighted by molar-refractivity contribution is 5.68. The molecule has 1 aliphatic heterocycles. The van der Waals surface area contributed by atoms with Crippen LogP contribution in [0.2, 0.25) is 0 Å². The molecule has 2 atom stereocenters. The minimum absolute atomic E-state index is 0.0756. The number of hydrogen-bond donors (Lipinski definition) is 2. The van der Waals surface area contributed by atoms with Crippen molar-refractivity contribution >= 4 is 6.09 Å². The van der Waals surface area contributed by atoms with Gasteiger partial charge in [-0.3, -0.25) is 0 Å². The van der Waals surface area contributed by atoms with Crippen LogP contribution in [0.1, 0.15) is 37.8 Å². The second-order valence-electron chi connectivity index (χ2n) is 6.43. The lowest BCUT2D eigenvalue weighted by Gasteiger charge is -2.24. The summed E-state index contributed by atoms with van der Waals surface area (Å²) >= 11 is 0. The number of benzene rings is 1. The highest BCUT2D eigenvalue weighted by Crippen LogP contribution is 2.24. The maximum atomic E-state index is 11.9. The summed E-state index contributed by atoms with van der Waals surface area (Å²) < 4.78 is 5.33. The molecule has 0 saturated carbocycles. The van der Waals surface area contributed by atoms with E-state index in [2.05, 4.69) is 41.8 Å². The molecule has 1 aliphatic rings. The molecule has 0 bridgehead atoms. The van der Waals surface area contributed by atoms with E-state index in [9.17, 15) is 4.79 Å². The maximum Gasteiger partial charge on any atom is 0.407 e. The molecular formula is C16H24N2O2. The van der Waals surface area contributed by atoms with Crippen LogP contribution in [-0.2, 0) is 4.74 Å². The van der Waals surface area contributed by atoms with Crippen molar-refractivity contribution in [2.75, 3.05) is 13.1 Å². The van der Waals surface area contributed by atoms with E-state index in [1.807, 2.05) is 20.8 Å². The van der Waals surface area contributed by atoms with Gasteiger partial charge in [0.05, 0.1) is 6.04 Å². The molecule has 1 saturated heterocycles. The smallest absolute Gasteiger partial charge is 0.407 e. The lowest BCUT2D eigenvalue weighted by Crippen LogP contribution is -2.42. The van der Waals surface area contributed by atoms with Crippen molar-refractivity contribution < 1.29 is 9.53 Å². The monoisotopic (exact) mass is 276 g/mol. The molecule has 0 aromatic heterocycles. The fourth-order valence-electron chi connectivity index (χ4n) is 2.54. The number of rotatable bonds is 2. The summed E-state index contributed by atoms with van der Waals surface area (Å²) in [6.45, 7) is 9.36. The quantitative estimate of drug-likeness (QED) is 0.873. The van der Waals surface area contributed by atoms with E-state index >= 15 is 0 Å². The Hall–Kier alpha value is -1.55. The molecule has 0 spiro atoms. The predicted octanol–water partition coefficient (Wildman–Crippen LogP) is 2.58. The summed E-state index contributed by atoms with van der Waals surface area (Å²) in [6.07, 6.45) is -0.344. The molecule has 1 fully saturated rings. The van der Waals surface area contributed by atoms with Gasteiger partial charge in [-0.05, 0) is 33.3 Å². The van der Waals surface area contributed by atoms with Crippen LogP contribution in [0, 0.1) is 6.92 Å². The van der Waals surface area contributed by atoms with Gasteiger partial charge < -0.3 is 15.4 Å². The third-order valence-electron chi connectivity index (χ3n) is 3.39. The molecule has 1 amide bonds. The third kappa shape index (κ3) is 3.97. The Labute approximate surface area is 120 Å². The third-order valence-corrected chi connectivity index (χ3v) is 3.39. The predicted molar refractivity (Wildman–Crippen MR) is 79.9 cm³/mol. The van der Waals surface area contributed by atoms with Crippen molar-refractivity contribution in [2.45, 2.75) is 45.3 Å². The normalized spacial score (nSPS) is 22.6. The topological polar surface area (TPSA) is 50.4 Å². The number of alkyl carbamates (subject to hydrolysis) is 1. The molecule has 0 unspecified atom stereocenters. The first-order valence-electron chi connectivity index (χ1n) is 7.12. The second kappa shape index (κ2) is 5.83. The highest BCUT2D eigenvalue weighted by Gasteiger charge is 2.31. The van der Waals surface area contributed by atoms with Crippen molar-refractivity contribution in [2.24, 2.45) is 0 Å². The van der Waals surface area contributed by atoms with Gasteiger partial charge in [0.2, 0.25) is 0 Å². The molecule has 1 aromatic rings. The van der Waals surface area contributed by atoms with E-state index in [4.69, 9.17) is 4.74 Å². The molecule has 4 nitrogen and oxygen atoms in total. The van der Waals surface area contributed by atoms with Crippen molar-refractivity contribution in [1.29, 1.82) is 0 Å². The fraction of sp³-hybridized carbons (Fsp3) is 0.562. The molecule has 1 aromatic carbocycles. The molecule has 1 heterocycles. The number of hydrogen-bond acceptors (Lipinski definition) is 3. The first-order chi connectivity index (χ1) is 9.35. The van der Waals surface area contributed by atoms with Crippen LogP contribution in [0.25, 0.3) is 0 Å². The second-order valence-corrected chi connectivity index (χ2v) is 6.43. The Morgan fingerprint density at radius 1 is 1.35 bits per heavy atom. The summed E-state index contributed by atoms with van der Waals surface area (Å²) in [6, 6.07) is 8.53. The van der Waals surface area contributed by atoms with Crippen molar-refractivity contribution in [3.05, 3.63) is 35.4 Å². The Bertz CT molecular complexity index is 480. The molecule has 4 heteroatoms. The Kier molecular flexibility index (Phi) is 4.33. The maximum absolute atomic E-state index is 11.9. The molecule has 0 aliphatic carbocycles. The summed E-state index contributed by atoms with van der Waals surface area (Å²) in [5.41, 5.74) is 2.04. The zero-order valence-corrected chi connectivity index (χ0v) is 12.7. The minimum atomic E-state index is -0.463. The molecule has 2 N–H and O–H groups in total. The first kappa shape index (κ1) is 14.9. The molecule has 2 rings (SSSR count). The summed E-state index contributed by atoms with van der Waals surface area (Å²) in [7, 11) is 0. The highest BCUT2D eigenvalue weighted by atomic mass is 16.6. The van der Waals surface area contributed by atoms with Crippen LogP contribution in [0.3, 0.4) is 0 Å². The molecule has 110 valence electrons. The zero-order valence-electron chi connectivity index (χ0n) is 12.7. The van der Waals surface area contributed by atoms with Gasteiger partial charge in [0.1, 0.15) is 5.60 Å². The van der Waals surface area contributed by atoms with E-state index in [1.165, 1.54) is 11.1 Å². The SMILES string of the molecule is Cc1cccc([C@@H]2CNC[C@H]2NC(=O)OC(C)(C)C)c1. The Morgan fingerprint density at radius 2 is 2.10 bits per heavy atom.